The van der Waals surface area contributed by atoms with Gasteiger partial charge in [0.25, 0.3) is 11.8 Å². The molecule has 4 aromatic rings. The first-order valence-corrected chi connectivity index (χ1v) is 12.9. The van der Waals surface area contributed by atoms with E-state index in [-0.39, 0.29) is 23.8 Å². The lowest BCUT2D eigenvalue weighted by atomic mass is 10.1. The molecule has 0 spiro atoms. The van der Waals surface area contributed by atoms with Crippen LogP contribution in [-0.2, 0) is 4.79 Å². The summed E-state index contributed by atoms with van der Waals surface area (Å²) in [5.74, 6) is -0.0741. The van der Waals surface area contributed by atoms with Gasteiger partial charge in [-0.1, -0.05) is 42.0 Å². The number of benzene rings is 4. The van der Waals surface area contributed by atoms with Crippen LogP contribution in [0.3, 0.4) is 0 Å². The van der Waals surface area contributed by atoms with E-state index in [0.717, 1.165) is 16.3 Å². The summed E-state index contributed by atoms with van der Waals surface area (Å²) in [6.07, 6.45) is 1.47. The lowest BCUT2D eigenvalue weighted by Gasteiger charge is -2.14. The van der Waals surface area contributed by atoms with Crippen LogP contribution in [0.25, 0.3) is 10.8 Å². The van der Waals surface area contributed by atoms with Crippen LogP contribution in [0.5, 0.6) is 17.2 Å². The lowest BCUT2D eigenvalue weighted by Crippen LogP contribution is -2.20. The molecule has 0 saturated carbocycles. The van der Waals surface area contributed by atoms with Crippen LogP contribution in [-0.4, -0.2) is 36.3 Å². The van der Waals surface area contributed by atoms with Crippen molar-refractivity contribution < 1.29 is 24.2 Å². The van der Waals surface area contributed by atoms with Gasteiger partial charge in [0.05, 0.1) is 22.0 Å². The molecule has 194 valence electrons. The summed E-state index contributed by atoms with van der Waals surface area (Å²) >= 11 is 2.09. The maximum Gasteiger partial charge on any atom is 0.275 e. The normalized spacial score (nSPS) is 10.9. The van der Waals surface area contributed by atoms with Gasteiger partial charge in [-0.15, -0.1) is 0 Å². The molecule has 0 radical (unpaired) electrons. The molecule has 9 heteroatoms. The maximum atomic E-state index is 12.6. The molecular weight excluding hydrogens is 597 g/mol. The molecule has 0 atom stereocenters. The predicted octanol–water partition coefficient (Wildman–Crippen LogP) is 5.64. The fourth-order valence-corrected chi connectivity index (χ4v) is 4.45. The number of aryl methyl sites for hydroxylation is 1. The second kappa shape index (κ2) is 12.4. The molecule has 0 bridgehead atoms. The number of rotatable bonds is 9. The van der Waals surface area contributed by atoms with Crippen LogP contribution in [0.15, 0.2) is 77.9 Å². The quantitative estimate of drug-likeness (QED) is 0.127. The summed E-state index contributed by atoms with van der Waals surface area (Å²) < 4.78 is 12.2. The fraction of sp³-hybridized carbons (Fsp3) is 0.138. The lowest BCUT2D eigenvalue weighted by molar-refractivity contribution is -0.118. The predicted molar refractivity (Wildman–Crippen MR) is 156 cm³/mol. The number of phenols is 1. The molecule has 0 unspecified atom stereocenters. The minimum absolute atomic E-state index is 0.123. The van der Waals surface area contributed by atoms with E-state index in [1.807, 2.05) is 62.4 Å². The molecule has 0 aliphatic rings. The number of amides is 2. The summed E-state index contributed by atoms with van der Waals surface area (Å²) in [5, 5.41) is 18.8. The Labute approximate surface area is 233 Å². The van der Waals surface area contributed by atoms with Gasteiger partial charge in [-0.3, -0.25) is 9.59 Å². The van der Waals surface area contributed by atoms with E-state index in [1.165, 1.54) is 6.21 Å². The standard InChI is InChI=1S/C29H26IN3O5/c1-3-37-26-13-19(12-24(30)28(26)38-17-27(35)32-22-10-8-18(2)9-11-22)16-31-33-29(36)23-14-20-6-4-5-7-21(20)15-25(23)34/h4-16,34H,3,17H2,1-2H3,(H,32,35)(H,33,36). The van der Waals surface area contributed by atoms with E-state index < -0.39 is 5.91 Å². The number of ether oxygens (including phenoxy) is 2. The Hall–Kier alpha value is -4.12. The number of hydrogen-bond acceptors (Lipinski definition) is 6. The van der Waals surface area contributed by atoms with Gasteiger partial charge in [0.1, 0.15) is 5.75 Å². The van der Waals surface area contributed by atoms with Gasteiger partial charge in [-0.2, -0.15) is 5.10 Å². The number of halogens is 1. The Morgan fingerprint density at radius 3 is 2.42 bits per heavy atom. The average Bonchev–Trinajstić information content (AvgIpc) is 2.89. The van der Waals surface area contributed by atoms with Crippen molar-refractivity contribution in [2.45, 2.75) is 13.8 Å². The third-order valence-corrected chi connectivity index (χ3v) is 6.30. The highest BCUT2D eigenvalue weighted by molar-refractivity contribution is 14.1. The van der Waals surface area contributed by atoms with Gasteiger partial charge < -0.3 is 19.9 Å². The highest BCUT2D eigenvalue weighted by Gasteiger charge is 2.15. The van der Waals surface area contributed by atoms with Crippen LogP contribution in [0, 0.1) is 10.5 Å². The Kier molecular flexibility index (Phi) is 8.80. The van der Waals surface area contributed by atoms with Crippen molar-refractivity contribution in [3.63, 3.8) is 0 Å². The van der Waals surface area contributed by atoms with Gasteiger partial charge >= 0.3 is 0 Å². The zero-order chi connectivity index (χ0) is 27.1. The van der Waals surface area contributed by atoms with Crippen LogP contribution < -0.4 is 20.2 Å². The third kappa shape index (κ3) is 6.80. The Balaban J connectivity index is 1.43. The summed E-state index contributed by atoms with van der Waals surface area (Å²) in [7, 11) is 0. The Bertz CT molecular complexity index is 1500. The van der Waals surface area contributed by atoms with Gasteiger partial charge in [0, 0.05) is 5.69 Å². The zero-order valence-corrected chi connectivity index (χ0v) is 23.0. The molecule has 0 fully saturated rings. The molecule has 8 nitrogen and oxygen atoms in total. The van der Waals surface area contributed by atoms with E-state index in [1.54, 1.807) is 24.3 Å². The second-order valence-corrected chi connectivity index (χ2v) is 9.54. The van der Waals surface area contributed by atoms with Crippen molar-refractivity contribution >= 4 is 57.1 Å². The number of carbonyl (C=O) groups is 2. The summed E-state index contributed by atoms with van der Waals surface area (Å²) in [5.41, 5.74) is 5.01. The summed E-state index contributed by atoms with van der Waals surface area (Å²) in [4.78, 5) is 25.0. The van der Waals surface area contributed by atoms with Crippen LogP contribution >= 0.6 is 22.6 Å². The minimum Gasteiger partial charge on any atom is -0.507 e. The number of nitrogens with one attached hydrogen (secondary N) is 2. The number of hydrogen-bond donors (Lipinski definition) is 3. The molecule has 3 N–H and O–H groups in total. The van der Waals surface area contributed by atoms with Crippen molar-refractivity contribution in [2.75, 3.05) is 18.5 Å². The minimum atomic E-state index is -0.538. The molecule has 0 aliphatic carbocycles. The maximum absolute atomic E-state index is 12.6. The van der Waals surface area contributed by atoms with Crippen LogP contribution in [0.4, 0.5) is 5.69 Å². The number of nitrogens with zero attached hydrogens (tertiary/aromatic N) is 1. The molecule has 0 heterocycles. The van der Waals surface area contributed by atoms with Gasteiger partial charge in [-0.05, 0) is 89.2 Å². The molecular formula is C29H26IN3O5. The molecule has 2 amide bonds. The van der Waals surface area contributed by atoms with Gasteiger partial charge in [0.15, 0.2) is 18.1 Å². The van der Waals surface area contributed by atoms with Crippen LogP contribution in [0.1, 0.15) is 28.4 Å². The SMILES string of the molecule is CCOc1cc(C=NNC(=O)c2cc3ccccc3cc2O)cc(I)c1OCC(=O)Nc1ccc(C)cc1. The van der Waals surface area contributed by atoms with Crippen LogP contribution in [0.2, 0.25) is 0 Å². The van der Waals surface area contributed by atoms with Crippen molar-refractivity contribution in [1.82, 2.24) is 5.43 Å². The first-order chi connectivity index (χ1) is 18.3. The van der Waals surface area contributed by atoms with Crippen molar-refractivity contribution in [1.29, 1.82) is 0 Å². The summed E-state index contributed by atoms with van der Waals surface area (Å²) in [6, 6.07) is 21.6. The Morgan fingerprint density at radius 1 is 1.00 bits per heavy atom. The van der Waals surface area contributed by atoms with E-state index >= 15 is 0 Å². The molecule has 4 aromatic carbocycles. The zero-order valence-electron chi connectivity index (χ0n) is 20.8. The number of carbonyl (C=O) groups excluding carboxylic acids is 2. The summed E-state index contributed by atoms with van der Waals surface area (Å²) in [6.45, 7) is 4.02. The fourth-order valence-electron chi connectivity index (χ4n) is 3.67. The highest BCUT2D eigenvalue weighted by atomic mass is 127. The van der Waals surface area contributed by atoms with Crippen molar-refractivity contribution in [3.8, 4) is 17.2 Å². The number of phenolic OH excluding ortho intramolecular Hbond substituents is 1. The van der Waals surface area contributed by atoms with E-state index in [2.05, 4.69) is 38.4 Å². The highest BCUT2D eigenvalue weighted by Crippen LogP contribution is 2.34. The third-order valence-electron chi connectivity index (χ3n) is 5.50. The van der Waals surface area contributed by atoms with E-state index in [0.29, 0.717) is 32.9 Å². The largest absolute Gasteiger partial charge is 0.507 e. The number of fused-ring (bicyclic) bond motifs is 1. The first-order valence-electron chi connectivity index (χ1n) is 11.8. The van der Waals surface area contributed by atoms with E-state index in [9.17, 15) is 14.7 Å². The monoisotopic (exact) mass is 623 g/mol. The second-order valence-electron chi connectivity index (χ2n) is 8.38. The average molecular weight is 623 g/mol. The van der Waals surface area contributed by atoms with Gasteiger partial charge in [-0.25, -0.2) is 5.43 Å². The molecule has 4 rings (SSSR count). The first kappa shape index (κ1) is 26.9. The number of hydrazone groups is 1. The van der Waals surface area contributed by atoms with Gasteiger partial charge in [0.2, 0.25) is 0 Å². The van der Waals surface area contributed by atoms with E-state index in [4.69, 9.17) is 9.47 Å². The number of anilines is 1. The topological polar surface area (TPSA) is 109 Å². The van der Waals surface area contributed by atoms with Crippen molar-refractivity contribution in [3.05, 3.63) is 93.1 Å². The molecule has 38 heavy (non-hydrogen) atoms. The van der Waals surface area contributed by atoms with Crippen molar-refractivity contribution in [2.24, 2.45) is 5.10 Å². The molecule has 0 saturated heterocycles. The molecule has 0 aliphatic heterocycles. The smallest absolute Gasteiger partial charge is 0.275 e. The number of aromatic hydroxyl groups is 1. The molecule has 0 aromatic heterocycles. The Morgan fingerprint density at radius 2 is 1.71 bits per heavy atom.